The van der Waals surface area contributed by atoms with Crippen LogP contribution >= 0.6 is 0 Å². The van der Waals surface area contributed by atoms with Crippen molar-refractivity contribution in [3.8, 4) is 0 Å². The standard InChI is InChI=1S/C16H24N2O2/c1-15(2,3)20-14(19)18-9-11-8-12(17)6-7-13(11)16(4,5)10-18/h6-8H,9-10,17H2,1-5H3. The molecule has 0 saturated heterocycles. The number of carbonyl (C=O) groups is 1. The molecule has 0 bridgehead atoms. The van der Waals surface area contributed by atoms with E-state index in [1.54, 1.807) is 4.90 Å². The molecule has 20 heavy (non-hydrogen) atoms. The third kappa shape index (κ3) is 3.06. The Morgan fingerprint density at radius 1 is 1.35 bits per heavy atom. The van der Waals surface area contributed by atoms with Gasteiger partial charge in [0.25, 0.3) is 0 Å². The van der Waals surface area contributed by atoms with Crippen LogP contribution in [0.3, 0.4) is 0 Å². The van der Waals surface area contributed by atoms with E-state index in [0.29, 0.717) is 13.1 Å². The van der Waals surface area contributed by atoms with E-state index in [1.165, 1.54) is 5.56 Å². The van der Waals surface area contributed by atoms with Crippen LogP contribution in [0, 0.1) is 0 Å². The number of nitrogens with two attached hydrogens (primary N) is 1. The van der Waals surface area contributed by atoms with Crippen LogP contribution in [0.2, 0.25) is 0 Å². The maximum absolute atomic E-state index is 12.3. The first kappa shape index (κ1) is 14.7. The van der Waals surface area contributed by atoms with Crippen molar-refractivity contribution in [2.24, 2.45) is 0 Å². The largest absolute Gasteiger partial charge is 0.444 e. The minimum absolute atomic E-state index is 0.0990. The zero-order chi connectivity index (χ0) is 15.1. The van der Waals surface area contributed by atoms with E-state index in [0.717, 1.165) is 11.3 Å². The summed E-state index contributed by atoms with van der Waals surface area (Å²) in [5, 5.41) is 0. The molecule has 0 aromatic heterocycles. The first-order valence-corrected chi connectivity index (χ1v) is 6.95. The molecule has 2 N–H and O–H groups in total. The van der Waals surface area contributed by atoms with Gasteiger partial charge in [0.05, 0.1) is 0 Å². The lowest BCUT2D eigenvalue weighted by atomic mass is 9.78. The molecule has 110 valence electrons. The lowest BCUT2D eigenvalue weighted by Crippen LogP contribution is -2.46. The van der Waals surface area contributed by atoms with E-state index in [9.17, 15) is 4.79 Å². The molecule has 0 aliphatic carbocycles. The second-order valence-electron chi connectivity index (χ2n) is 7.14. The highest BCUT2D eigenvalue weighted by Gasteiger charge is 2.35. The topological polar surface area (TPSA) is 55.6 Å². The molecular weight excluding hydrogens is 252 g/mol. The number of hydrogen-bond acceptors (Lipinski definition) is 3. The van der Waals surface area contributed by atoms with Gasteiger partial charge in [-0.2, -0.15) is 0 Å². The monoisotopic (exact) mass is 276 g/mol. The smallest absolute Gasteiger partial charge is 0.410 e. The summed E-state index contributed by atoms with van der Waals surface area (Å²) in [5.74, 6) is 0. The van der Waals surface area contributed by atoms with Gasteiger partial charge in [-0.15, -0.1) is 0 Å². The summed E-state index contributed by atoms with van der Waals surface area (Å²) in [7, 11) is 0. The molecule has 0 saturated carbocycles. The summed E-state index contributed by atoms with van der Waals surface area (Å²) >= 11 is 0. The third-order valence-corrected chi connectivity index (χ3v) is 3.46. The van der Waals surface area contributed by atoms with Crippen LogP contribution in [0.15, 0.2) is 18.2 Å². The highest BCUT2D eigenvalue weighted by atomic mass is 16.6. The maximum Gasteiger partial charge on any atom is 0.410 e. The Morgan fingerprint density at radius 2 is 2.00 bits per heavy atom. The van der Waals surface area contributed by atoms with Gasteiger partial charge < -0.3 is 15.4 Å². The quantitative estimate of drug-likeness (QED) is 0.740. The van der Waals surface area contributed by atoms with Gasteiger partial charge in [-0.05, 0) is 44.0 Å². The van der Waals surface area contributed by atoms with Crippen molar-refractivity contribution in [1.82, 2.24) is 4.90 Å². The number of nitrogens with zero attached hydrogens (tertiary/aromatic N) is 1. The number of ether oxygens (including phenoxy) is 1. The number of nitrogen functional groups attached to an aromatic ring is 1. The fourth-order valence-electron chi connectivity index (χ4n) is 2.68. The average molecular weight is 276 g/mol. The summed E-state index contributed by atoms with van der Waals surface area (Å²) < 4.78 is 5.47. The number of amides is 1. The van der Waals surface area contributed by atoms with Crippen LogP contribution in [0.1, 0.15) is 45.7 Å². The summed E-state index contributed by atoms with van der Waals surface area (Å²) in [5.41, 5.74) is 8.37. The highest BCUT2D eigenvalue weighted by molar-refractivity contribution is 5.69. The number of rotatable bonds is 0. The Balaban J connectivity index is 2.28. The normalized spacial score (nSPS) is 17.6. The van der Waals surface area contributed by atoms with Crippen molar-refractivity contribution in [3.05, 3.63) is 29.3 Å². The number of carbonyl (C=O) groups excluding carboxylic acids is 1. The van der Waals surface area contributed by atoms with E-state index < -0.39 is 5.60 Å². The van der Waals surface area contributed by atoms with Crippen molar-refractivity contribution in [3.63, 3.8) is 0 Å². The number of hydrogen-bond donors (Lipinski definition) is 1. The predicted molar refractivity (Wildman–Crippen MR) is 80.5 cm³/mol. The van der Waals surface area contributed by atoms with Gasteiger partial charge in [0.15, 0.2) is 0 Å². The first-order chi connectivity index (χ1) is 9.08. The van der Waals surface area contributed by atoms with Gasteiger partial charge in [0, 0.05) is 24.2 Å². The molecule has 4 heteroatoms. The molecule has 2 rings (SSSR count). The van der Waals surface area contributed by atoms with Gasteiger partial charge in [-0.3, -0.25) is 0 Å². The average Bonchev–Trinajstić information content (AvgIpc) is 2.24. The predicted octanol–water partition coefficient (Wildman–Crippen LogP) is 3.30. The third-order valence-electron chi connectivity index (χ3n) is 3.46. The number of anilines is 1. The van der Waals surface area contributed by atoms with Crippen LogP contribution < -0.4 is 5.73 Å². The lowest BCUT2D eigenvalue weighted by molar-refractivity contribution is 0.0174. The van der Waals surface area contributed by atoms with Gasteiger partial charge in [-0.1, -0.05) is 19.9 Å². The van der Waals surface area contributed by atoms with E-state index in [2.05, 4.69) is 19.9 Å². The SMILES string of the molecule is CC(C)(C)OC(=O)N1Cc2cc(N)ccc2C(C)(C)C1. The van der Waals surface area contributed by atoms with E-state index in [1.807, 2.05) is 32.9 Å². The minimum atomic E-state index is -0.475. The van der Waals surface area contributed by atoms with E-state index in [4.69, 9.17) is 10.5 Å². The zero-order valence-corrected chi connectivity index (χ0v) is 13.0. The minimum Gasteiger partial charge on any atom is -0.444 e. The Hall–Kier alpha value is -1.71. The Bertz CT molecular complexity index is 530. The van der Waals surface area contributed by atoms with Crippen molar-refractivity contribution in [1.29, 1.82) is 0 Å². The molecular formula is C16H24N2O2. The molecule has 0 unspecified atom stereocenters. The maximum atomic E-state index is 12.3. The van der Waals surface area contributed by atoms with Crippen molar-refractivity contribution in [2.75, 3.05) is 12.3 Å². The van der Waals surface area contributed by atoms with Gasteiger partial charge in [0.1, 0.15) is 5.60 Å². The molecule has 0 radical (unpaired) electrons. The van der Waals surface area contributed by atoms with Crippen LogP contribution in [0.5, 0.6) is 0 Å². The molecule has 4 nitrogen and oxygen atoms in total. The number of benzene rings is 1. The number of fused-ring (bicyclic) bond motifs is 1. The van der Waals surface area contributed by atoms with E-state index >= 15 is 0 Å². The van der Waals surface area contributed by atoms with Crippen LogP contribution in [0.4, 0.5) is 10.5 Å². The molecule has 1 amide bonds. The van der Waals surface area contributed by atoms with Gasteiger partial charge in [0.2, 0.25) is 0 Å². The van der Waals surface area contributed by atoms with E-state index in [-0.39, 0.29) is 11.5 Å². The molecule has 0 atom stereocenters. The Kier molecular flexibility index (Phi) is 3.44. The Morgan fingerprint density at radius 3 is 2.60 bits per heavy atom. The van der Waals surface area contributed by atoms with Crippen LogP contribution in [-0.2, 0) is 16.7 Å². The summed E-state index contributed by atoms with van der Waals surface area (Å²) in [6, 6.07) is 5.94. The van der Waals surface area contributed by atoms with Crippen molar-refractivity contribution < 1.29 is 9.53 Å². The van der Waals surface area contributed by atoms with Crippen LogP contribution in [-0.4, -0.2) is 23.1 Å². The van der Waals surface area contributed by atoms with Gasteiger partial charge >= 0.3 is 6.09 Å². The second-order valence-corrected chi connectivity index (χ2v) is 7.14. The van der Waals surface area contributed by atoms with Crippen molar-refractivity contribution >= 4 is 11.8 Å². The molecule has 1 heterocycles. The fourth-order valence-corrected chi connectivity index (χ4v) is 2.68. The molecule has 1 aliphatic rings. The fraction of sp³-hybridized carbons (Fsp3) is 0.562. The molecule has 1 aromatic carbocycles. The highest BCUT2D eigenvalue weighted by Crippen LogP contribution is 2.34. The second kappa shape index (κ2) is 4.69. The zero-order valence-electron chi connectivity index (χ0n) is 13.0. The molecule has 0 fully saturated rings. The lowest BCUT2D eigenvalue weighted by Gasteiger charge is -2.40. The molecule has 1 aromatic rings. The first-order valence-electron chi connectivity index (χ1n) is 6.95. The molecule has 0 spiro atoms. The van der Waals surface area contributed by atoms with Gasteiger partial charge in [-0.25, -0.2) is 4.79 Å². The summed E-state index contributed by atoms with van der Waals surface area (Å²) in [6.45, 7) is 11.1. The summed E-state index contributed by atoms with van der Waals surface area (Å²) in [6.07, 6.45) is -0.265. The summed E-state index contributed by atoms with van der Waals surface area (Å²) in [4.78, 5) is 14.0. The molecule has 1 aliphatic heterocycles. The van der Waals surface area contributed by atoms with Crippen LogP contribution in [0.25, 0.3) is 0 Å². The van der Waals surface area contributed by atoms with Crippen molar-refractivity contribution in [2.45, 2.75) is 52.2 Å². The Labute approximate surface area is 120 Å².